The van der Waals surface area contributed by atoms with Crippen LogP contribution in [0.25, 0.3) is 0 Å². The Morgan fingerprint density at radius 2 is 2.14 bits per heavy atom. The number of nitrogens with one attached hydrogen (secondary N) is 1. The minimum Gasteiger partial charge on any atom is -0.337 e. The maximum Gasteiger partial charge on any atom is 0.285 e. The summed E-state index contributed by atoms with van der Waals surface area (Å²) in [6.07, 6.45) is 4.29. The first-order valence-electron chi connectivity index (χ1n) is 7.00. The lowest BCUT2D eigenvalue weighted by Gasteiger charge is -2.11. The Labute approximate surface area is 128 Å². The van der Waals surface area contributed by atoms with Gasteiger partial charge in [-0.05, 0) is 32.3 Å². The SMILES string of the molecule is Cc1nc(S(=O)(=O)NC(=O)c2cc3n(n2)CCCC3)cn1C. The van der Waals surface area contributed by atoms with E-state index in [-0.39, 0.29) is 10.7 Å². The molecule has 0 fully saturated rings. The van der Waals surface area contributed by atoms with Gasteiger partial charge in [-0.15, -0.1) is 0 Å². The molecular weight excluding hydrogens is 306 g/mol. The summed E-state index contributed by atoms with van der Waals surface area (Å²) < 4.78 is 29.7. The number of amides is 1. The summed E-state index contributed by atoms with van der Waals surface area (Å²) >= 11 is 0. The minimum absolute atomic E-state index is 0.119. The average molecular weight is 323 g/mol. The standard InChI is InChI=1S/C13H17N5O3S/c1-9-14-12(8-17(9)2)22(20,21)16-13(19)11-7-10-5-3-4-6-18(10)15-11/h7-8H,3-6H2,1-2H3,(H,16,19). The second-order valence-corrected chi connectivity index (χ2v) is 7.00. The molecule has 3 heterocycles. The highest BCUT2D eigenvalue weighted by molar-refractivity contribution is 7.90. The lowest BCUT2D eigenvalue weighted by atomic mass is 10.1. The van der Waals surface area contributed by atoms with Crippen LogP contribution >= 0.6 is 0 Å². The molecule has 0 radical (unpaired) electrons. The molecule has 0 saturated carbocycles. The smallest absolute Gasteiger partial charge is 0.285 e. The molecule has 1 aliphatic rings. The molecule has 1 amide bonds. The number of hydrogen-bond acceptors (Lipinski definition) is 5. The topological polar surface area (TPSA) is 98.9 Å². The Hall–Kier alpha value is -2.16. The van der Waals surface area contributed by atoms with Crippen molar-refractivity contribution in [2.45, 2.75) is 37.8 Å². The van der Waals surface area contributed by atoms with E-state index in [1.165, 1.54) is 6.20 Å². The Kier molecular flexibility index (Phi) is 3.51. The second-order valence-electron chi connectivity index (χ2n) is 5.37. The van der Waals surface area contributed by atoms with Crippen molar-refractivity contribution in [1.82, 2.24) is 24.1 Å². The van der Waals surface area contributed by atoms with Gasteiger partial charge in [0.1, 0.15) is 5.82 Å². The van der Waals surface area contributed by atoms with Crippen molar-refractivity contribution in [3.63, 3.8) is 0 Å². The van der Waals surface area contributed by atoms with Gasteiger partial charge in [-0.2, -0.15) is 13.5 Å². The van der Waals surface area contributed by atoms with Crippen LogP contribution < -0.4 is 4.72 Å². The molecule has 2 aromatic heterocycles. The van der Waals surface area contributed by atoms with E-state index in [1.54, 1.807) is 29.3 Å². The van der Waals surface area contributed by atoms with Crippen LogP contribution in [-0.2, 0) is 30.0 Å². The van der Waals surface area contributed by atoms with Crippen LogP contribution in [0.4, 0.5) is 0 Å². The van der Waals surface area contributed by atoms with Crippen LogP contribution in [0.15, 0.2) is 17.3 Å². The lowest BCUT2D eigenvalue weighted by Crippen LogP contribution is -2.31. The molecule has 0 saturated heterocycles. The zero-order valence-electron chi connectivity index (χ0n) is 12.4. The van der Waals surface area contributed by atoms with Gasteiger partial charge in [0.15, 0.2) is 10.7 Å². The van der Waals surface area contributed by atoms with E-state index >= 15 is 0 Å². The molecule has 22 heavy (non-hydrogen) atoms. The molecule has 0 unspecified atom stereocenters. The van der Waals surface area contributed by atoms with Crippen molar-refractivity contribution in [2.24, 2.45) is 7.05 Å². The molecule has 2 aromatic rings. The highest BCUT2D eigenvalue weighted by atomic mass is 32.2. The van der Waals surface area contributed by atoms with Gasteiger partial charge in [0.05, 0.1) is 0 Å². The van der Waals surface area contributed by atoms with Gasteiger partial charge in [0.25, 0.3) is 15.9 Å². The summed E-state index contributed by atoms with van der Waals surface area (Å²) in [6.45, 7) is 2.44. The largest absolute Gasteiger partial charge is 0.337 e. The summed E-state index contributed by atoms with van der Waals surface area (Å²) in [4.78, 5) is 16.1. The molecule has 0 aliphatic carbocycles. The molecule has 0 bridgehead atoms. The van der Waals surface area contributed by atoms with Gasteiger partial charge < -0.3 is 4.57 Å². The fourth-order valence-electron chi connectivity index (χ4n) is 2.41. The number of rotatable bonds is 3. The van der Waals surface area contributed by atoms with Gasteiger partial charge in [-0.3, -0.25) is 9.48 Å². The number of sulfonamides is 1. The molecule has 1 aliphatic heterocycles. The first kappa shape index (κ1) is 14.8. The number of carbonyl (C=O) groups is 1. The van der Waals surface area contributed by atoms with E-state index in [4.69, 9.17) is 0 Å². The number of fused-ring (bicyclic) bond motifs is 1. The van der Waals surface area contributed by atoms with E-state index in [9.17, 15) is 13.2 Å². The number of carbonyl (C=O) groups excluding carboxylic acids is 1. The minimum atomic E-state index is -3.99. The average Bonchev–Trinajstić information content (AvgIpc) is 3.03. The third-order valence-corrected chi connectivity index (χ3v) is 4.94. The monoisotopic (exact) mass is 323 g/mol. The van der Waals surface area contributed by atoms with Gasteiger partial charge in [0, 0.05) is 25.5 Å². The van der Waals surface area contributed by atoms with Crippen LogP contribution in [0, 0.1) is 6.92 Å². The lowest BCUT2D eigenvalue weighted by molar-refractivity contribution is 0.0975. The van der Waals surface area contributed by atoms with Crippen molar-refractivity contribution >= 4 is 15.9 Å². The molecule has 8 nitrogen and oxygen atoms in total. The molecular formula is C13H17N5O3S. The quantitative estimate of drug-likeness (QED) is 0.880. The number of aryl methyl sites for hydroxylation is 4. The molecule has 0 atom stereocenters. The van der Waals surface area contributed by atoms with Crippen molar-refractivity contribution in [3.8, 4) is 0 Å². The predicted molar refractivity (Wildman–Crippen MR) is 77.8 cm³/mol. The fraction of sp³-hybridized carbons (Fsp3) is 0.462. The van der Waals surface area contributed by atoms with Gasteiger partial charge in [-0.25, -0.2) is 9.71 Å². The molecule has 3 rings (SSSR count). The van der Waals surface area contributed by atoms with Crippen LogP contribution in [-0.4, -0.2) is 33.7 Å². The van der Waals surface area contributed by atoms with E-state index in [2.05, 4.69) is 10.1 Å². The van der Waals surface area contributed by atoms with E-state index in [1.807, 2.05) is 4.72 Å². The number of aromatic nitrogens is 4. The maximum atomic E-state index is 12.2. The van der Waals surface area contributed by atoms with Gasteiger partial charge >= 0.3 is 0 Å². The number of hydrogen-bond donors (Lipinski definition) is 1. The Morgan fingerprint density at radius 3 is 2.77 bits per heavy atom. The zero-order valence-corrected chi connectivity index (χ0v) is 13.2. The van der Waals surface area contributed by atoms with E-state index < -0.39 is 15.9 Å². The Bertz CT molecular complexity index is 791. The third-order valence-electron chi connectivity index (χ3n) is 3.74. The summed E-state index contributed by atoms with van der Waals surface area (Å²) in [5, 5.41) is 3.99. The van der Waals surface area contributed by atoms with Crippen molar-refractivity contribution in [1.29, 1.82) is 0 Å². The predicted octanol–water partition coefficient (Wildman–Crippen LogP) is 0.380. The van der Waals surface area contributed by atoms with Crippen molar-refractivity contribution in [2.75, 3.05) is 0 Å². The van der Waals surface area contributed by atoms with E-state index in [0.717, 1.165) is 31.5 Å². The highest BCUT2D eigenvalue weighted by Crippen LogP contribution is 2.16. The van der Waals surface area contributed by atoms with Crippen LogP contribution in [0.1, 0.15) is 34.8 Å². The summed E-state index contributed by atoms with van der Waals surface area (Å²) in [5.74, 6) is -0.185. The molecule has 118 valence electrons. The highest BCUT2D eigenvalue weighted by Gasteiger charge is 2.24. The molecule has 9 heteroatoms. The normalized spacial score (nSPS) is 14.6. The zero-order chi connectivity index (χ0) is 15.9. The van der Waals surface area contributed by atoms with Gasteiger partial charge in [-0.1, -0.05) is 0 Å². The number of imidazole rings is 1. The first-order chi connectivity index (χ1) is 10.4. The van der Waals surface area contributed by atoms with Crippen LogP contribution in [0.5, 0.6) is 0 Å². The number of nitrogens with zero attached hydrogens (tertiary/aromatic N) is 4. The van der Waals surface area contributed by atoms with Crippen LogP contribution in [0.2, 0.25) is 0 Å². The first-order valence-corrected chi connectivity index (χ1v) is 8.49. The second kappa shape index (κ2) is 5.24. The maximum absolute atomic E-state index is 12.2. The summed E-state index contributed by atoms with van der Waals surface area (Å²) in [5.41, 5.74) is 1.08. The third kappa shape index (κ3) is 2.63. The van der Waals surface area contributed by atoms with Crippen LogP contribution in [0.3, 0.4) is 0 Å². The Morgan fingerprint density at radius 1 is 1.36 bits per heavy atom. The summed E-state index contributed by atoms with van der Waals surface area (Å²) in [6, 6.07) is 1.65. The Balaban J connectivity index is 1.82. The fourth-order valence-corrected chi connectivity index (χ4v) is 3.41. The molecule has 0 spiro atoms. The van der Waals surface area contributed by atoms with E-state index in [0.29, 0.717) is 5.82 Å². The van der Waals surface area contributed by atoms with Gasteiger partial charge in [0.2, 0.25) is 0 Å². The summed E-state index contributed by atoms with van der Waals surface area (Å²) in [7, 11) is -2.30. The molecule has 1 N–H and O–H groups in total. The van der Waals surface area contributed by atoms with Crippen molar-refractivity contribution < 1.29 is 13.2 Å². The van der Waals surface area contributed by atoms with Crippen molar-refractivity contribution in [3.05, 3.63) is 29.5 Å². The molecule has 0 aromatic carbocycles.